The molecule has 0 aliphatic rings. The maximum Gasteiger partial charge on any atom is 0.265 e. The van der Waals surface area contributed by atoms with Crippen LogP contribution in [0.3, 0.4) is 0 Å². The number of hydrogen-bond donors (Lipinski definition) is 2. The molecule has 0 fully saturated rings. The van der Waals surface area contributed by atoms with Gasteiger partial charge in [0.25, 0.3) is 12.3 Å². The molecule has 0 aromatic heterocycles. The first-order valence-corrected chi connectivity index (χ1v) is 5.94. The van der Waals surface area contributed by atoms with Crippen molar-refractivity contribution in [2.45, 2.75) is 19.5 Å². The lowest BCUT2D eigenvalue weighted by molar-refractivity contribution is -0.124. The number of alkyl halides is 2. The molecule has 1 atom stereocenters. The predicted molar refractivity (Wildman–Crippen MR) is 68.2 cm³/mol. The SMILES string of the molecule is COc1cc(C)ccc1OCC(=O)NCC(O)C(F)F. The molecule has 20 heavy (non-hydrogen) atoms. The van der Waals surface area contributed by atoms with Crippen LogP contribution in [0.15, 0.2) is 18.2 Å². The number of rotatable bonds is 7. The molecule has 1 rings (SSSR count). The second kappa shape index (κ2) is 7.64. The summed E-state index contributed by atoms with van der Waals surface area (Å²) in [5, 5.41) is 11.0. The van der Waals surface area contributed by atoms with Gasteiger partial charge in [-0.05, 0) is 24.6 Å². The third kappa shape index (κ3) is 5.00. The fourth-order valence-electron chi connectivity index (χ4n) is 1.40. The van der Waals surface area contributed by atoms with Crippen molar-refractivity contribution in [1.29, 1.82) is 0 Å². The molecule has 112 valence electrons. The van der Waals surface area contributed by atoms with Gasteiger partial charge in [0.05, 0.1) is 7.11 Å². The Labute approximate surface area is 115 Å². The van der Waals surface area contributed by atoms with Crippen molar-refractivity contribution >= 4 is 5.91 Å². The van der Waals surface area contributed by atoms with E-state index in [0.717, 1.165) is 5.56 Å². The van der Waals surface area contributed by atoms with Crippen molar-refractivity contribution in [2.75, 3.05) is 20.3 Å². The van der Waals surface area contributed by atoms with Gasteiger partial charge in [-0.2, -0.15) is 0 Å². The van der Waals surface area contributed by atoms with Crippen molar-refractivity contribution < 1.29 is 28.2 Å². The molecule has 0 spiro atoms. The number of aryl methyl sites for hydroxylation is 1. The fraction of sp³-hybridized carbons (Fsp3) is 0.462. The summed E-state index contributed by atoms with van der Waals surface area (Å²) in [6.45, 7) is 1.00. The highest BCUT2D eigenvalue weighted by Crippen LogP contribution is 2.27. The van der Waals surface area contributed by atoms with Crippen molar-refractivity contribution in [3.05, 3.63) is 23.8 Å². The van der Waals surface area contributed by atoms with Gasteiger partial charge in [-0.1, -0.05) is 6.07 Å². The van der Waals surface area contributed by atoms with Crippen molar-refractivity contribution in [1.82, 2.24) is 5.32 Å². The van der Waals surface area contributed by atoms with Crippen LogP contribution in [0.4, 0.5) is 8.78 Å². The Morgan fingerprint density at radius 1 is 1.40 bits per heavy atom. The zero-order valence-corrected chi connectivity index (χ0v) is 11.2. The molecule has 1 aromatic carbocycles. The van der Waals surface area contributed by atoms with Gasteiger partial charge >= 0.3 is 0 Å². The number of carbonyl (C=O) groups excluding carboxylic acids is 1. The Hall–Kier alpha value is -1.89. The van der Waals surface area contributed by atoms with E-state index in [1.807, 2.05) is 6.92 Å². The lowest BCUT2D eigenvalue weighted by Gasteiger charge is -2.13. The highest BCUT2D eigenvalue weighted by atomic mass is 19.3. The molecule has 2 N–H and O–H groups in total. The number of ether oxygens (including phenoxy) is 2. The highest BCUT2D eigenvalue weighted by Gasteiger charge is 2.17. The zero-order valence-electron chi connectivity index (χ0n) is 11.2. The molecule has 1 aromatic rings. The Morgan fingerprint density at radius 3 is 2.70 bits per heavy atom. The van der Waals surface area contributed by atoms with Gasteiger partial charge < -0.3 is 19.9 Å². The fourth-order valence-corrected chi connectivity index (χ4v) is 1.40. The van der Waals surface area contributed by atoms with E-state index in [2.05, 4.69) is 5.32 Å². The van der Waals surface area contributed by atoms with Crippen molar-refractivity contribution in [3.63, 3.8) is 0 Å². The van der Waals surface area contributed by atoms with E-state index in [9.17, 15) is 13.6 Å². The average Bonchev–Trinajstić information content (AvgIpc) is 2.42. The average molecular weight is 289 g/mol. The van der Waals surface area contributed by atoms with Crippen LogP contribution in [0, 0.1) is 6.92 Å². The molecule has 7 heteroatoms. The second-order valence-electron chi connectivity index (χ2n) is 4.15. The minimum Gasteiger partial charge on any atom is -0.493 e. The van der Waals surface area contributed by atoms with Crippen LogP contribution in [0.25, 0.3) is 0 Å². The highest BCUT2D eigenvalue weighted by molar-refractivity contribution is 5.77. The molecule has 5 nitrogen and oxygen atoms in total. The maximum atomic E-state index is 12.0. The molecular weight excluding hydrogens is 272 g/mol. The van der Waals surface area contributed by atoms with Gasteiger partial charge in [-0.25, -0.2) is 8.78 Å². The lowest BCUT2D eigenvalue weighted by atomic mass is 10.2. The molecule has 1 amide bonds. The van der Waals surface area contributed by atoms with E-state index >= 15 is 0 Å². The minimum absolute atomic E-state index is 0.352. The molecule has 0 aliphatic carbocycles. The Balaban J connectivity index is 2.45. The first-order chi connectivity index (χ1) is 9.43. The first kappa shape index (κ1) is 16.2. The predicted octanol–water partition coefficient (Wildman–Crippen LogP) is 1.12. The van der Waals surface area contributed by atoms with Crippen LogP contribution in [-0.2, 0) is 4.79 Å². The molecule has 0 bridgehead atoms. The van der Waals surface area contributed by atoms with Crippen LogP contribution < -0.4 is 14.8 Å². The van der Waals surface area contributed by atoms with Crippen LogP contribution in [0.5, 0.6) is 11.5 Å². The van der Waals surface area contributed by atoms with Crippen LogP contribution in [-0.4, -0.2) is 43.8 Å². The summed E-state index contributed by atoms with van der Waals surface area (Å²) >= 11 is 0. The summed E-state index contributed by atoms with van der Waals surface area (Å²) in [7, 11) is 1.47. The van der Waals surface area contributed by atoms with Crippen molar-refractivity contribution in [2.24, 2.45) is 0 Å². The summed E-state index contributed by atoms with van der Waals surface area (Å²) in [6.07, 6.45) is -4.78. The van der Waals surface area contributed by atoms with Crippen LogP contribution in [0.2, 0.25) is 0 Å². The van der Waals surface area contributed by atoms with Crippen LogP contribution >= 0.6 is 0 Å². The largest absolute Gasteiger partial charge is 0.493 e. The Bertz CT molecular complexity index is 454. The summed E-state index contributed by atoms with van der Waals surface area (Å²) in [6, 6.07) is 5.18. The number of halogens is 2. The molecular formula is C13H17F2NO4. The summed E-state index contributed by atoms with van der Waals surface area (Å²) in [4.78, 5) is 11.4. The molecule has 1 unspecified atom stereocenters. The molecule has 0 heterocycles. The second-order valence-corrected chi connectivity index (χ2v) is 4.15. The third-order valence-electron chi connectivity index (χ3n) is 2.48. The number of carbonyl (C=O) groups is 1. The third-order valence-corrected chi connectivity index (χ3v) is 2.48. The van der Waals surface area contributed by atoms with Gasteiger partial charge in [-0.3, -0.25) is 4.79 Å². The summed E-state index contributed by atoms with van der Waals surface area (Å²) < 4.78 is 34.4. The number of methoxy groups -OCH3 is 1. The smallest absolute Gasteiger partial charge is 0.265 e. The standard InChI is InChI=1S/C13H17F2NO4/c1-8-3-4-10(11(5-8)19-2)20-7-12(18)16-6-9(17)13(14)15/h3-5,9,13,17H,6-7H2,1-2H3,(H,16,18). The van der Waals surface area contributed by atoms with Gasteiger partial charge in [0.15, 0.2) is 18.1 Å². The normalized spacial score (nSPS) is 12.1. The maximum absolute atomic E-state index is 12.0. The topological polar surface area (TPSA) is 67.8 Å². The number of benzene rings is 1. The molecule has 0 radical (unpaired) electrons. The van der Waals surface area contributed by atoms with E-state index in [1.165, 1.54) is 7.11 Å². The van der Waals surface area contributed by atoms with Gasteiger partial charge in [0, 0.05) is 6.54 Å². The van der Waals surface area contributed by atoms with E-state index in [-0.39, 0.29) is 6.61 Å². The minimum atomic E-state index is -2.89. The number of hydrogen-bond acceptors (Lipinski definition) is 4. The first-order valence-electron chi connectivity index (χ1n) is 5.94. The number of aliphatic hydroxyl groups is 1. The number of nitrogens with one attached hydrogen (secondary N) is 1. The Morgan fingerprint density at radius 2 is 2.10 bits per heavy atom. The lowest BCUT2D eigenvalue weighted by Crippen LogP contribution is -2.38. The van der Waals surface area contributed by atoms with Gasteiger partial charge in [0.1, 0.15) is 6.10 Å². The quantitative estimate of drug-likeness (QED) is 0.789. The Kier molecular flexibility index (Phi) is 6.17. The summed E-state index contributed by atoms with van der Waals surface area (Å²) in [5.41, 5.74) is 0.971. The number of amides is 1. The van der Waals surface area contributed by atoms with Gasteiger partial charge in [-0.15, -0.1) is 0 Å². The molecule has 0 saturated heterocycles. The summed E-state index contributed by atoms with van der Waals surface area (Å²) in [5.74, 6) is 0.250. The zero-order chi connectivity index (χ0) is 15.1. The van der Waals surface area contributed by atoms with E-state index in [4.69, 9.17) is 14.6 Å². The monoisotopic (exact) mass is 289 g/mol. The van der Waals surface area contributed by atoms with E-state index in [0.29, 0.717) is 11.5 Å². The number of aliphatic hydroxyl groups excluding tert-OH is 1. The van der Waals surface area contributed by atoms with E-state index in [1.54, 1.807) is 18.2 Å². The van der Waals surface area contributed by atoms with Crippen LogP contribution in [0.1, 0.15) is 5.56 Å². The molecule has 0 saturated carbocycles. The van der Waals surface area contributed by atoms with Crippen molar-refractivity contribution in [3.8, 4) is 11.5 Å². The van der Waals surface area contributed by atoms with E-state index < -0.39 is 25.0 Å². The van der Waals surface area contributed by atoms with Gasteiger partial charge in [0.2, 0.25) is 0 Å². The molecule has 0 aliphatic heterocycles.